The molecule has 0 saturated carbocycles. The highest BCUT2D eigenvalue weighted by molar-refractivity contribution is 5.96. The standard InChI is InChI=1S/C16H21N5O2/c1-3-8-17-14(22)11(2)18-16(23)21-10-9-20-13-7-5-4-6-12(13)19-15(20)21/h4-7,11H,3,8-10H2,1-2H3,(H,17,22)(H,18,23)/t11-/m0/s1. The summed E-state index contributed by atoms with van der Waals surface area (Å²) in [6.45, 7) is 5.54. The van der Waals surface area contributed by atoms with Crippen LogP contribution in [0.15, 0.2) is 24.3 Å². The lowest BCUT2D eigenvalue weighted by atomic mass is 10.3. The first kappa shape index (κ1) is 15.3. The van der Waals surface area contributed by atoms with Gasteiger partial charge in [-0.2, -0.15) is 0 Å². The molecule has 1 aromatic carbocycles. The summed E-state index contributed by atoms with van der Waals surface area (Å²) in [5, 5.41) is 5.51. The lowest BCUT2D eigenvalue weighted by Gasteiger charge is -2.19. The molecule has 1 aromatic heterocycles. The molecule has 23 heavy (non-hydrogen) atoms. The highest BCUT2D eigenvalue weighted by Gasteiger charge is 2.29. The molecule has 2 aromatic rings. The highest BCUT2D eigenvalue weighted by atomic mass is 16.2. The van der Waals surface area contributed by atoms with Gasteiger partial charge in [-0.25, -0.2) is 9.78 Å². The van der Waals surface area contributed by atoms with E-state index in [0.29, 0.717) is 25.6 Å². The van der Waals surface area contributed by atoms with E-state index in [0.717, 1.165) is 17.5 Å². The number of rotatable bonds is 4. The molecule has 2 N–H and O–H groups in total. The molecule has 0 unspecified atom stereocenters. The van der Waals surface area contributed by atoms with Gasteiger partial charge in [0, 0.05) is 19.6 Å². The van der Waals surface area contributed by atoms with Crippen LogP contribution in [0.5, 0.6) is 0 Å². The van der Waals surface area contributed by atoms with Crippen molar-refractivity contribution in [3.63, 3.8) is 0 Å². The van der Waals surface area contributed by atoms with Crippen molar-refractivity contribution < 1.29 is 9.59 Å². The summed E-state index contributed by atoms with van der Waals surface area (Å²) in [5.41, 5.74) is 1.89. The van der Waals surface area contributed by atoms with Crippen molar-refractivity contribution in [2.24, 2.45) is 0 Å². The molecule has 122 valence electrons. The van der Waals surface area contributed by atoms with E-state index >= 15 is 0 Å². The fraction of sp³-hybridized carbons (Fsp3) is 0.438. The van der Waals surface area contributed by atoms with Gasteiger partial charge in [-0.05, 0) is 25.5 Å². The number of carbonyl (C=O) groups is 2. The molecule has 7 nitrogen and oxygen atoms in total. The molecular formula is C16H21N5O2. The molecule has 0 spiro atoms. The first-order chi connectivity index (χ1) is 11.1. The zero-order valence-corrected chi connectivity index (χ0v) is 13.4. The van der Waals surface area contributed by atoms with Crippen molar-refractivity contribution >= 4 is 28.9 Å². The molecule has 0 aliphatic carbocycles. The number of hydrogen-bond donors (Lipinski definition) is 2. The van der Waals surface area contributed by atoms with Crippen LogP contribution in [0.1, 0.15) is 20.3 Å². The summed E-state index contributed by atoms with van der Waals surface area (Å²) < 4.78 is 2.02. The largest absolute Gasteiger partial charge is 0.354 e. The topological polar surface area (TPSA) is 79.3 Å². The van der Waals surface area contributed by atoms with Crippen molar-refractivity contribution in [1.29, 1.82) is 0 Å². The third kappa shape index (κ3) is 2.86. The van der Waals surface area contributed by atoms with Crippen LogP contribution in [0.3, 0.4) is 0 Å². The first-order valence-electron chi connectivity index (χ1n) is 7.93. The van der Waals surface area contributed by atoms with E-state index in [1.807, 2.05) is 35.8 Å². The minimum atomic E-state index is -0.576. The van der Waals surface area contributed by atoms with E-state index in [1.165, 1.54) is 0 Å². The highest BCUT2D eigenvalue weighted by Crippen LogP contribution is 2.26. The van der Waals surface area contributed by atoms with Crippen LogP contribution in [-0.4, -0.2) is 40.6 Å². The van der Waals surface area contributed by atoms with E-state index in [4.69, 9.17) is 0 Å². The summed E-state index contributed by atoms with van der Waals surface area (Å²) in [6.07, 6.45) is 0.864. The van der Waals surface area contributed by atoms with Crippen LogP contribution in [0.4, 0.5) is 10.7 Å². The van der Waals surface area contributed by atoms with Crippen LogP contribution in [-0.2, 0) is 11.3 Å². The molecule has 0 fully saturated rings. The lowest BCUT2D eigenvalue weighted by molar-refractivity contribution is -0.122. The predicted molar refractivity (Wildman–Crippen MR) is 88.4 cm³/mol. The second-order valence-corrected chi connectivity index (χ2v) is 5.67. The van der Waals surface area contributed by atoms with Gasteiger partial charge in [-0.15, -0.1) is 0 Å². The van der Waals surface area contributed by atoms with Crippen LogP contribution in [0, 0.1) is 0 Å². The summed E-state index contributed by atoms with van der Waals surface area (Å²) >= 11 is 0. The average Bonchev–Trinajstić information content (AvgIpc) is 3.11. The Kier molecular flexibility index (Phi) is 4.18. The number of imidazole rings is 1. The van der Waals surface area contributed by atoms with E-state index < -0.39 is 6.04 Å². The maximum Gasteiger partial charge on any atom is 0.324 e. The fourth-order valence-electron chi connectivity index (χ4n) is 2.71. The van der Waals surface area contributed by atoms with Crippen molar-refractivity contribution in [3.8, 4) is 0 Å². The molecule has 1 atom stereocenters. The van der Waals surface area contributed by atoms with Crippen molar-refractivity contribution in [2.45, 2.75) is 32.9 Å². The summed E-state index contributed by atoms with van der Waals surface area (Å²) in [4.78, 5) is 30.4. The molecule has 3 amide bonds. The fourth-order valence-corrected chi connectivity index (χ4v) is 2.71. The van der Waals surface area contributed by atoms with Gasteiger partial charge in [0.1, 0.15) is 6.04 Å². The van der Waals surface area contributed by atoms with E-state index in [9.17, 15) is 9.59 Å². The second-order valence-electron chi connectivity index (χ2n) is 5.67. The Morgan fingerprint density at radius 3 is 2.87 bits per heavy atom. The van der Waals surface area contributed by atoms with E-state index in [2.05, 4.69) is 15.6 Å². The Hall–Kier alpha value is -2.57. The number of benzene rings is 1. The van der Waals surface area contributed by atoms with Crippen LogP contribution in [0.25, 0.3) is 11.0 Å². The summed E-state index contributed by atoms with van der Waals surface area (Å²) in [5.74, 6) is 0.456. The van der Waals surface area contributed by atoms with Crippen LogP contribution in [0.2, 0.25) is 0 Å². The maximum absolute atomic E-state index is 12.5. The Bertz CT molecular complexity index is 739. The van der Waals surface area contributed by atoms with Gasteiger partial charge in [0.05, 0.1) is 11.0 Å². The molecule has 2 heterocycles. The van der Waals surface area contributed by atoms with Gasteiger partial charge in [-0.3, -0.25) is 9.69 Å². The zero-order chi connectivity index (χ0) is 16.4. The average molecular weight is 315 g/mol. The second kappa shape index (κ2) is 6.28. The molecule has 7 heteroatoms. The Balaban J connectivity index is 1.72. The summed E-state index contributed by atoms with van der Waals surface area (Å²) in [6, 6.07) is 6.94. The van der Waals surface area contributed by atoms with Crippen LogP contribution >= 0.6 is 0 Å². The SMILES string of the molecule is CCCNC(=O)[C@H](C)NC(=O)N1CCn2c1nc1ccccc12. The van der Waals surface area contributed by atoms with Crippen molar-refractivity contribution in [3.05, 3.63) is 24.3 Å². The number of amides is 3. The maximum atomic E-state index is 12.5. The molecular weight excluding hydrogens is 294 g/mol. The Morgan fingerprint density at radius 1 is 1.30 bits per heavy atom. The smallest absolute Gasteiger partial charge is 0.324 e. The van der Waals surface area contributed by atoms with Gasteiger partial charge in [-0.1, -0.05) is 19.1 Å². The monoisotopic (exact) mass is 315 g/mol. The predicted octanol–water partition coefficient (Wildman–Crippen LogP) is 1.48. The minimum absolute atomic E-state index is 0.173. The third-order valence-corrected chi connectivity index (χ3v) is 3.95. The van der Waals surface area contributed by atoms with Crippen LogP contribution < -0.4 is 15.5 Å². The number of hydrogen-bond acceptors (Lipinski definition) is 3. The number of anilines is 1. The summed E-state index contributed by atoms with van der Waals surface area (Å²) in [7, 11) is 0. The van der Waals surface area contributed by atoms with Gasteiger partial charge in [0.15, 0.2) is 0 Å². The van der Waals surface area contributed by atoms with Crippen molar-refractivity contribution in [2.75, 3.05) is 18.0 Å². The number of aromatic nitrogens is 2. The normalized spacial score (nSPS) is 14.6. The Morgan fingerprint density at radius 2 is 2.09 bits per heavy atom. The quantitative estimate of drug-likeness (QED) is 0.897. The lowest BCUT2D eigenvalue weighted by Crippen LogP contribution is -2.49. The van der Waals surface area contributed by atoms with Gasteiger partial charge >= 0.3 is 6.03 Å². The van der Waals surface area contributed by atoms with E-state index in [1.54, 1.807) is 11.8 Å². The molecule has 1 aliphatic rings. The zero-order valence-electron chi connectivity index (χ0n) is 13.4. The molecule has 1 aliphatic heterocycles. The first-order valence-corrected chi connectivity index (χ1v) is 7.93. The van der Waals surface area contributed by atoms with Crippen molar-refractivity contribution in [1.82, 2.24) is 20.2 Å². The third-order valence-electron chi connectivity index (χ3n) is 3.95. The molecule has 0 saturated heterocycles. The molecule has 3 rings (SSSR count). The minimum Gasteiger partial charge on any atom is -0.354 e. The number of carbonyl (C=O) groups excluding carboxylic acids is 2. The number of para-hydroxylation sites is 2. The molecule has 0 radical (unpaired) electrons. The van der Waals surface area contributed by atoms with Gasteiger partial charge < -0.3 is 15.2 Å². The number of nitrogens with one attached hydrogen (secondary N) is 2. The van der Waals surface area contributed by atoms with E-state index in [-0.39, 0.29) is 11.9 Å². The number of urea groups is 1. The number of fused-ring (bicyclic) bond motifs is 3. The Labute approximate surface area is 134 Å². The van der Waals surface area contributed by atoms with Gasteiger partial charge in [0.2, 0.25) is 11.9 Å². The molecule has 0 bridgehead atoms. The number of nitrogens with zero attached hydrogens (tertiary/aromatic N) is 3. The van der Waals surface area contributed by atoms with Gasteiger partial charge in [0.25, 0.3) is 0 Å².